The van der Waals surface area contributed by atoms with Crippen molar-refractivity contribution in [3.8, 4) is 0 Å². The summed E-state index contributed by atoms with van der Waals surface area (Å²) in [6.45, 7) is 8.26. The van der Waals surface area contributed by atoms with Gasteiger partial charge in [-0.05, 0) is 43.0 Å². The lowest BCUT2D eigenvalue weighted by Crippen LogP contribution is -2.31. The number of hydrogen-bond acceptors (Lipinski definition) is 2. The summed E-state index contributed by atoms with van der Waals surface area (Å²) >= 11 is 0. The minimum absolute atomic E-state index is 0.0184. The number of hydrogen-bond donors (Lipinski definition) is 2. The second kappa shape index (κ2) is 7.73. The Hall–Kier alpha value is -1.77. The van der Waals surface area contributed by atoms with Crippen LogP contribution in [-0.2, 0) is 4.79 Å². The van der Waals surface area contributed by atoms with Gasteiger partial charge in [0.15, 0.2) is 0 Å². The highest BCUT2D eigenvalue weighted by molar-refractivity contribution is 5.93. The topological polar surface area (TPSA) is 41.1 Å². The van der Waals surface area contributed by atoms with E-state index in [4.69, 9.17) is 0 Å². The van der Waals surface area contributed by atoms with Crippen molar-refractivity contribution < 1.29 is 4.79 Å². The molecule has 0 aliphatic heterocycles. The molecule has 0 fully saturated rings. The maximum Gasteiger partial charge on any atom is 0.228 e. The summed E-state index contributed by atoms with van der Waals surface area (Å²) in [6, 6.07) is 7.74. The van der Waals surface area contributed by atoms with Gasteiger partial charge in [0.05, 0.1) is 0 Å². The van der Waals surface area contributed by atoms with E-state index in [1.807, 2.05) is 44.3 Å². The Bertz CT molecular complexity index is 449. The molecule has 0 bridgehead atoms. The minimum atomic E-state index is -0.0184. The maximum atomic E-state index is 12.5. The standard InChI is InChI=1S/C17H26N2O/c1-6-7-13(4)16(12(2)3)17(20)19-15-10-8-14(18-5)9-11-15/h6-13,16,18H,1-5H3,(H,19,20)/b7-6-/t13?,16-/m0/s1. The molecule has 2 atom stereocenters. The number of carbonyl (C=O) groups is 1. The zero-order valence-corrected chi connectivity index (χ0v) is 13.1. The Balaban J connectivity index is 2.79. The molecule has 1 rings (SSSR count). The van der Waals surface area contributed by atoms with E-state index in [-0.39, 0.29) is 17.7 Å². The smallest absolute Gasteiger partial charge is 0.228 e. The molecule has 0 aromatic heterocycles. The van der Waals surface area contributed by atoms with Gasteiger partial charge in [-0.2, -0.15) is 0 Å². The van der Waals surface area contributed by atoms with Gasteiger partial charge < -0.3 is 10.6 Å². The highest BCUT2D eigenvalue weighted by Crippen LogP contribution is 2.24. The van der Waals surface area contributed by atoms with Crippen molar-refractivity contribution in [2.75, 3.05) is 17.7 Å². The van der Waals surface area contributed by atoms with Crippen LogP contribution >= 0.6 is 0 Å². The highest BCUT2D eigenvalue weighted by atomic mass is 16.1. The van der Waals surface area contributed by atoms with Gasteiger partial charge >= 0.3 is 0 Å². The third kappa shape index (κ3) is 4.41. The van der Waals surface area contributed by atoms with Crippen LogP contribution in [0.15, 0.2) is 36.4 Å². The molecule has 1 aromatic carbocycles. The summed E-state index contributed by atoms with van der Waals surface area (Å²) in [5.74, 6) is 0.604. The van der Waals surface area contributed by atoms with Crippen LogP contribution in [0.25, 0.3) is 0 Å². The van der Waals surface area contributed by atoms with Gasteiger partial charge in [-0.25, -0.2) is 0 Å². The van der Waals surface area contributed by atoms with Crippen LogP contribution in [0.4, 0.5) is 11.4 Å². The fourth-order valence-corrected chi connectivity index (χ4v) is 2.52. The van der Waals surface area contributed by atoms with E-state index in [1.54, 1.807) is 0 Å². The third-order valence-corrected chi connectivity index (χ3v) is 3.52. The first-order valence-corrected chi connectivity index (χ1v) is 7.21. The van der Waals surface area contributed by atoms with Crippen LogP contribution in [-0.4, -0.2) is 13.0 Å². The van der Waals surface area contributed by atoms with E-state index in [2.05, 4.69) is 37.5 Å². The first-order chi connectivity index (χ1) is 9.49. The Kier molecular flexibility index (Phi) is 6.29. The average Bonchev–Trinajstić information content (AvgIpc) is 2.39. The van der Waals surface area contributed by atoms with Crippen molar-refractivity contribution in [1.29, 1.82) is 0 Å². The number of rotatable bonds is 6. The van der Waals surface area contributed by atoms with E-state index in [1.165, 1.54) is 0 Å². The van der Waals surface area contributed by atoms with Crippen LogP contribution in [0, 0.1) is 17.8 Å². The number of benzene rings is 1. The molecule has 3 nitrogen and oxygen atoms in total. The molecule has 1 aromatic rings. The van der Waals surface area contributed by atoms with Crippen LogP contribution < -0.4 is 10.6 Å². The molecule has 0 saturated heterocycles. The Morgan fingerprint density at radius 3 is 2.10 bits per heavy atom. The molecule has 20 heavy (non-hydrogen) atoms. The molecular formula is C17H26N2O. The van der Waals surface area contributed by atoms with Crippen LogP contribution in [0.1, 0.15) is 27.7 Å². The summed E-state index contributed by atoms with van der Waals surface area (Å²) in [5, 5.41) is 6.07. The maximum absolute atomic E-state index is 12.5. The molecule has 1 amide bonds. The second-order valence-corrected chi connectivity index (χ2v) is 5.47. The fourth-order valence-electron chi connectivity index (χ4n) is 2.52. The van der Waals surface area contributed by atoms with Crippen LogP contribution in [0.5, 0.6) is 0 Å². The van der Waals surface area contributed by atoms with Gasteiger partial charge in [-0.3, -0.25) is 4.79 Å². The molecule has 0 radical (unpaired) electrons. The van der Waals surface area contributed by atoms with E-state index < -0.39 is 0 Å². The summed E-state index contributed by atoms with van der Waals surface area (Å²) in [5.41, 5.74) is 1.87. The van der Waals surface area contributed by atoms with E-state index in [9.17, 15) is 4.79 Å². The third-order valence-electron chi connectivity index (χ3n) is 3.52. The van der Waals surface area contributed by atoms with E-state index in [0.29, 0.717) is 5.92 Å². The second-order valence-electron chi connectivity index (χ2n) is 5.47. The van der Waals surface area contributed by atoms with Crippen molar-refractivity contribution in [3.63, 3.8) is 0 Å². The summed E-state index contributed by atoms with van der Waals surface area (Å²) < 4.78 is 0. The molecule has 0 saturated carbocycles. The minimum Gasteiger partial charge on any atom is -0.388 e. The number of carbonyl (C=O) groups excluding carboxylic acids is 1. The van der Waals surface area contributed by atoms with Crippen molar-refractivity contribution in [1.82, 2.24) is 0 Å². The van der Waals surface area contributed by atoms with Crippen molar-refractivity contribution in [2.24, 2.45) is 17.8 Å². The van der Waals surface area contributed by atoms with Gasteiger partial charge in [0.1, 0.15) is 0 Å². The zero-order valence-electron chi connectivity index (χ0n) is 13.1. The van der Waals surface area contributed by atoms with Crippen LogP contribution in [0.2, 0.25) is 0 Å². The molecule has 0 spiro atoms. The molecule has 0 aliphatic carbocycles. The summed E-state index contributed by atoms with van der Waals surface area (Å²) in [7, 11) is 1.88. The summed E-state index contributed by atoms with van der Waals surface area (Å²) in [6.07, 6.45) is 4.10. The molecular weight excluding hydrogens is 248 g/mol. The monoisotopic (exact) mass is 274 g/mol. The quantitative estimate of drug-likeness (QED) is 0.765. The van der Waals surface area contributed by atoms with Gasteiger partial charge in [0.2, 0.25) is 5.91 Å². The Morgan fingerprint density at radius 1 is 1.10 bits per heavy atom. The first-order valence-electron chi connectivity index (χ1n) is 7.21. The lowest BCUT2D eigenvalue weighted by molar-refractivity contribution is -0.122. The molecule has 0 heterocycles. The summed E-state index contributed by atoms with van der Waals surface area (Å²) in [4.78, 5) is 12.5. The van der Waals surface area contributed by atoms with Crippen LogP contribution in [0.3, 0.4) is 0 Å². The molecule has 110 valence electrons. The first kappa shape index (κ1) is 16.3. The molecule has 1 unspecified atom stereocenters. The lowest BCUT2D eigenvalue weighted by atomic mass is 9.83. The van der Waals surface area contributed by atoms with Crippen molar-refractivity contribution in [2.45, 2.75) is 27.7 Å². The average molecular weight is 274 g/mol. The Morgan fingerprint density at radius 2 is 1.65 bits per heavy atom. The molecule has 2 N–H and O–H groups in total. The number of amides is 1. The SMILES string of the molecule is C/C=C\C(C)[C@@H](C(=O)Nc1ccc(NC)cc1)C(C)C. The van der Waals surface area contributed by atoms with E-state index >= 15 is 0 Å². The van der Waals surface area contributed by atoms with Gasteiger partial charge in [0.25, 0.3) is 0 Å². The van der Waals surface area contributed by atoms with Gasteiger partial charge in [-0.1, -0.05) is 32.9 Å². The number of allylic oxidation sites excluding steroid dienone is 2. The highest BCUT2D eigenvalue weighted by Gasteiger charge is 2.26. The van der Waals surface area contributed by atoms with Gasteiger partial charge in [0, 0.05) is 24.3 Å². The van der Waals surface area contributed by atoms with Crippen molar-refractivity contribution in [3.05, 3.63) is 36.4 Å². The number of anilines is 2. The Labute approximate surface area is 122 Å². The molecule has 3 heteroatoms. The van der Waals surface area contributed by atoms with Gasteiger partial charge in [-0.15, -0.1) is 0 Å². The predicted octanol–water partition coefficient (Wildman–Crippen LogP) is 4.15. The zero-order chi connectivity index (χ0) is 15.1. The van der Waals surface area contributed by atoms with E-state index in [0.717, 1.165) is 11.4 Å². The predicted molar refractivity (Wildman–Crippen MR) is 86.9 cm³/mol. The normalized spacial score (nSPS) is 14.3. The lowest BCUT2D eigenvalue weighted by Gasteiger charge is -2.24. The largest absolute Gasteiger partial charge is 0.388 e. The number of nitrogens with one attached hydrogen (secondary N) is 2. The fraction of sp³-hybridized carbons (Fsp3) is 0.471. The van der Waals surface area contributed by atoms with Crippen molar-refractivity contribution >= 4 is 17.3 Å². The molecule has 0 aliphatic rings.